The summed E-state index contributed by atoms with van der Waals surface area (Å²) in [5, 5.41) is 4.34. The van der Waals surface area contributed by atoms with Crippen LogP contribution >= 0.6 is 0 Å². The zero-order chi connectivity index (χ0) is 24.8. The molecule has 0 N–H and O–H groups in total. The van der Waals surface area contributed by atoms with Crippen molar-refractivity contribution < 1.29 is 27.4 Å². The molecule has 2 aliphatic heterocycles. The lowest BCUT2D eigenvalue weighted by atomic mass is 9.73. The van der Waals surface area contributed by atoms with E-state index in [4.69, 9.17) is 14.2 Å². The largest absolute Gasteiger partial charge is 0.496 e. The highest BCUT2D eigenvalue weighted by molar-refractivity contribution is 6.14. The van der Waals surface area contributed by atoms with Crippen molar-refractivity contribution in [3.05, 3.63) is 51.9 Å². The Hall–Kier alpha value is -3.44. The molecule has 184 valence electrons. The van der Waals surface area contributed by atoms with Crippen LogP contribution in [0.3, 0.4) is 0 Å². The fourth-order valence-corrected chi connectivity index (χ4v) is 4.36. The Morgan fingerprint density at radius 3 is 2.51 bits per heavy atom. The monoisotopic (exact) mass is 488 g/mol. The molecule has 0 saturated carbocycles. The number of fused-ring (bicyclic) bond motifs is 2. The molecule has 0 unspecified atom stereocenters. The van der Waals surface area contributed by atoms with Gasteiger partial charge in [0.2, 0.25) is 0 Å². The number of rotatable bonds is 3. The molecule has 0 bridgehead atoms. The number of aryl methyl sites for hydroxylation is 1. The van der Waals surface area contributed by atoms with E-state index >= 15 is 0 Å². The van der Waals surface area contributed by atoms with Crippen molar-refractivity contribution in [2.45, 2.75) is 37.9 Å². The minimum absolute atomic E-state index is 0.134. The summed E-state index contributed by atoms with van der Waals surface area (Å²) in [7, 11) is 2.04. The molecule has 12 heteroatoms. The van der Waals surface area contributed by atoms with Crippen LogP contribution in [-0.4, -0.2) is 54.2 Å². The van der Waals surface area contributed by atoms with Crippen LogP contribution in [-0.2, 0) is 6.18 Å². The molecule has 0 amide bonds. The summed E-state index contributed by atoms with van der Waals surface area (Å²) >= 11 is 0. The molecule has 5 rings (SSSR count). The van der Waals surface area contributed by atoms with E-state index in [1.807, 2.05) is 30.9 Å². The van der Waals surface area contributed by atoms with Gasteiger partial charge in [0.1, 0.15) is 5.75 Å². The number of nitrogens with zero attached hydrogens (tertiary/aromatic N) is 4. The second-order valence-corrected chi connectivity index (χ2v) is 9.10. The number of hydrogen-bond donors (Lipinski definition) is 0. The molecule has 3 aromatic rings. The average molecular weight is 488 g/mol. The minimum Gasteiger partial charge on any atom is -0.496 e. The Morgan fingerprint density at radius 2 is 1.80 bits per heavy atom. The molecule has 2 aromatic heterocycles. The molecule has 0 radical (unpaired) electrons. The van der Waals surface area contributed by atoms with Crippen molar-refractivity contribution in [3.63, 3.8) is 0 Å². The first-order chi connectivity index (χ1) is 16.6. The Kier molecular flexibility index (Phi) is 5.76. The topological polar surface area (TPSA) is 78.2 Å². The van der Waals surface area contributed by atoms with Crippen LogP contribution < -0.4 is 24.7 Å². The SMILES string of the molecule is BC1(Oc2ccc3c(c2)OCCCO3)CCN(c2nn3c(=O)cc(C(F)(F)F)nc3cc2C)CC1. The summed E-state index contributed by atoms with van der Waals surface area (Å²) in [6, 6.07) is 7.50. The zero-order valence-electron chi connectivity index (χ0n) is 19.4. The highest BCUT2D eigenvalue weighted by atomic mass is 19.4. The molecule has 0 aliphatic carbocycles. The normalized spacial score (nSPS) is 17.8. The van der Waals surface area contributed by atoms with Crippen LogP contribution in [0.2, 0.25) is 0 Å². The number of halogens is 3. The Morgan fingerprint density at radius 1 is 1.09 bits per heavy atom. The van der Waals surface area contributed by atoms with Crippen LogP contribution in [0.1, 0.15) is 30.5 Å². The molecule has 8 nitrogen and oxygen atoms in total. The quantitative estimate of drug-likeness (QED) is 0.525. The van der Waals surface area contributed by atoms with Crippen LogP contribution in [0, 0.1) is 6.92 Å². The van der Waals surface area contributed by atoms with Gasteiger partial charge in [-0.15, -0.1) is 5.10 Å². The fraction of sp³-hybridized carbons (Fsp3) is 0.435. The van der Waals surface area contributed by atoms with E-state index in [0.717, 1.165) is 10.9 Å². The first-order valence-corrected chi connectivity index (χ1v) is 11.4. The van der Waals surface area contributed by atoms with E-state index in [1.54, 1.807) is 6.92 Å². The molecule has 0 spiro atoms. The van der Waals surface area contributed by atoms with Gasteiger partial charge in [-0.05, 0) is 43.5 Å². The van der Waals surface area contributed by atoms with Gasteiger partial charge in [-0.1, -0.05) is 0 Å². The zero-order valence-corrected chi connectivity index (χ0v) is 19.4. The minimum atomic E-state index is -4.70. The van der Waals surface area contributed by atoms with Crippen LogP contribution in [0.25, 0.3) is 5.65 Å². The van der Waals surface area contributed by atoms with Crippen molar-refractivity contribution in [1.82, 2.24) is 14.6 Å². The molecule has 0 atom stereocenters. The van der Waals surface area contributed by atoms with Crippen molar-refractivity contribution in [3.8, 4) is 17.2 Å². The number of benzene rings is 1. The predicted octanol–water partition coefficient (Wildman–Crippen LogP) is 2.59. The summed E-state index contributed by atoms with van der Waals surface area (Å²) in [4.78, 5) is 17.9. The van der Waals surface area contributed by atoms with Gasteiger partial charge in [-0.25, -0.2) is 4.98 Å². The number of hydrogen-bond acceptors (Lipinski definition) is 7. The van der Waals surface area contributed by atoms with Gasteiger partial charge in [0, 0.05) is 31.6 Å². The lowest BCUT2D eigenvalue weighted by Gasteiger charge is -2.40. The Labute approximate surface area is 200 Å². The van der Waals surface area contributed by atoms with Gasteiger partial charge >= 0.3 is 6.18 Å². The number of anilines is 1. The van der Waals surface area contributed by atoms with E-state index < -0.39 is 22.9 Å². The molecule has 4 heterocycles. The van der Waals surface area contributed by atoms with Gasteiger partial charge in [0.05, 0.1) is 18.7 Å². The van der Waals surface area contributed by atoms with Gasteiger partial charge < -0.3 is 19.1 Å². The van der Waals surface area contributed by atoms with E-state index in [-0.39, 0.29) is 5.65 Å². The molecular formula is C23H24BF3N4O4. The van der Waals surface area contributed by atoms with Crippen LogP contribution in [0.5, 0.6) is 17.2 Å². The third kappa shape index (κ3) is 4.74. The van der Waals surface area contributed by atoms with Crippen LogP contribution in [0.15, 0.2) is 35.1 Å². The molecule has 1 saturated heterocycles. The maximum absolute atomic E-state index is 13.0. The molecule has 1 aromatic carbocycles. The molecular weight excluding hydrogens is 464 g/mol. The third-order valence-corrected chi connectivity index (χ3v) is 6.31. The first-order valence-electron chi connectivity index (χ1n) is 11.4. The molecule has 1 fully saturated rings. The number of alkyl halides is 3. The lowest BCUT2D eigenvalue weighted by Crippen LogP contribution is -2.49. The van der Waals surface area contributed by atoms with Crippen molar-refractivity contribution >= 4 is 19.3 Å². The molecule has 2 aliphatic rings. The Bertz CT molecular complexity index is 1320. The van der Waals surface area contributed by atoms with Gasteiger partial charge in [0.15, 0.2) is 36.5 Å². The van der Waals surface area contributed by atoms with Gasteiger partial charge in [0.25, 0.3) is 5.56 Å². The highest BCUT2D eigenvalue weighted by Gasteiger charge is 2.35. The summed E-state index contributed by atoms with van der Waals surface area (Å²) in [6.07, 6.45) is -2.51. The highest BCUT2D eigenvalue weighted by Crippen LogP contribution is 2.36. The van der Waals surface area contributed by atoms with E-state index in [0.29, 0.717) is 73.8 Å². The van der Waals surface area contributed by atoms with Crippen molar-refractivity contribution in [2.24, 2.45) is 0 Å². The Balaban J connectivity index is 1.33. The van der Waals surface area contributed by atoms with Crippen LogP contribution in [0.4, 0.5) is 19.0 Å². The standard InChI is InChI=1S/C23H24BF3N4O4/c1-14-11-19-28-18(23(25,26)27)13-20(32)31(19)29-21(14)30-7-5-22(24,6-8-30)35-15-3-4-16-17(12-15)34-10-2-9-33-16/h3-4,11-13H,2,5-10,24H2,1H3. The summed E-state index contributed by atoms with van der Waals surface area (Å²) in [5.74, 6) is 2.62. The van der Waals surface area contributed by atoms with E-state index in [1.165, 1.54) is 6.07 Å². The third-order valence-electron chi connectivity index (χ3n) is 6.31. The number of ether oxygens (including phenoxy) is 3. The number of piperidine rings is 1. The van der Waals surface area contributed by atoms with Gasteiger partial charge in [-0.3, -0.25) is 4.79 Å². The van der Waals surface area contributed by atoms with E-state index in [9.17, 15) is 18.0 Å². The predicted molar refractivity (Wildman–Crippen MR) is 124 cm³/mol. The fourth-order valence-electron chi connectivity index (χ4n) is 4.36. The lowest BCUT2D eigenvalue weighted by molar-refractivity contribution is -0.141. The average Bonchev–Trinajstić information content (AvgIpc) is 3.03. The summed E-state index contributed by atoms with van der Waals surface area (Å²) in [5.41, 5.74) is -2.02. The van der Waals surface area contributed by atoms with Gasteiger partial charge in [-0.2, -0.15) is 17.7 Å². The second-order valence-electron chi connectivity index (χ2n) is 9.10. The van der Waals surface area contributed by atoms with E-state index in [2.05, 4.69) is 10.1 Å². The number of aromatic nitrogens is 3. The summed E-state index contributed by atoms with van der Waals surface area (Å²) in [6.45, 7) is 4.16. The second kappa shape index (κ2) is 8.65. The maximum Gasteiger partial charge on any atom is 0.433 e. The molecule has 35 heavy (non-hydrogen) atoms. The smallest absolute Gasteiger partial charge is 0.433 e. The first kappa shape index (κ1) is 23.3. The van der Waals surface area contributed by atoms with Crippen molar-refractivity contribution in [2.75, 3.05) is 31.2 Å². The van der Waals surface area contributed by atoms with Crippen molar-refractivity contribution in [1.29, 1.82) is 0 Å². The maximum atomic E-state index is 13.0. The summed E-state index contributed by atoms with van der Waals surface area (Å²) < 4.78 is 57.8.